The van der Waals surface area contributed by atoms with E-state index in [2.05, 4.69) is 0 Å². The molecule has 2 rings (SSSR count). The van der Waals surface area contributed by atoms with Gasteiger partial charge in [0.15, 0.2) is 0 Å². The zero-order chi connectivity index (χ0) is 12.5. The quantitative estimate of drug-likeness (QED) is 0.837. The standard InChI is InChI=1S/C12H13Cl2NOS/c13-8-1-2-9(14)10(5-8)16-7-12(3-4-12)6-11(15)17/h1-2,5H,3-4,6-7H2,(H2,15,17). The molecular weight excluding hydrogens is 277 g/mol. The fourth-order valence-corrected chi connectivity index (χ4v) is 2.38. The molecule has 0 unspecified atom stereocenters. The zero-order valence-corrected chi connectivity index (χ0v) is 11.5. The Morgan fingerprint density at radius 2 is 2.12 bits per heavy atom. The minimum atomic E-state index is 0.122. The van der Waals surface area contributed by atoms with Crippen molar-refractivity contribution >= 4 is 40.4 Å². The Hall–Kier alpha value is -0.510. The van der Waals surface area contributed by atoms with Crippen LogP contribution in [-0.4, -0.2) is 11.6 Å². The van der Waals surface area contributed by atoms with Crippen LogP contribution in [0, 0.1) is 5.41 Å². The van der Waals surface area contributed by atoms with Gasteiger partial charge in [-0.2, -0.15) is 0 Å². The minimum Gasteiger partial charge on any atom is -0.491 e. The van der Waals surface area contributed by atoms with Crippen LogP contribution in [0.4, 0.5) is 0 Å². The number of hydrogen-bond donors (Lipinski definition) is 1. The molecule has 1 fully saturated rings. The molecule has 0 aromatic heterocycles. The van der Waals surface area contributed by atoms with Crippen LogP contribution < -0.4 is 10.5 Å². The van der Waals surface area contributed by atoms with Crippen LogP contribution in [0.5, 0.6) is 5.75 Å². The van der Waals surface area contributed by atoms with Crippen molar-refractivity contribution < 1.29 is 4.74 Å². The van der Waals surface area contributed by atoms with Crippen molar-refractivity contribution in [1.29, 1.82) is 0 Å². The lowest BCUT2D eigenvalue weighted by Crippen LogP contribution is -2.21. The summed E-state index contributed by atoms with van der Waals surface area (Å²) in [6, 6.07) is 5.19. The summed E-state index contributed by atoms with van der Waals surface area (Å²) >= 11 is 16.8. The number of thiocarbonyl (C=S) groups is 1. The van der Waals surface area contributed by atoms with Crippen LogP contribution in [0.3, 0.4) is 0 Å². The van der Waals surface area contributed by atoms with Gasteiger partial charge in [0.2, 0.25) is 0 Å². The molecule has 1 aliphatic carbocycles. The van der Waals surface area contributed by atoms with Gasteiger partial charge in [-0.15, -0.1) is 0 Å². The molecule has 0 saturated heterocycles. The summed E-state index contributed by atoms with van der Waals surface area (Å²) in [6.45, 7) is 0.588. The van der Waals surface area contributed by atoms with Gasteiger partial charge >= 0.3 is 0 Å². The Labute approximate surface area is 116 Å². The normalized spacial score (nSPS) is 16.6. The lowest BCUT2D eigenvalue weighted by atomic mass is 10.0. The van der Waals surface area contributed by atoms with E-state index in [1.54, 1.807) is 18.2 Å². The first-order chi connectivity index (χ1) is 8.01. The average Bonchev–Trinajstić information content (AvgIpc) is 2.99. The summed E-state index contributed by atoms with van der Waals surface area (Å²) < 4.78 is 5.71. The van der Waals surface area contributed by atoms with Gasteiger partial charge in [-0.1, -0.05) is 35.4 Å². The minimum absolute atomic E-state index is 0.122. The highest BCUT2D eigenvalue weighted by atomic mass is 35.5. The lowest BCUT2D eigenvalue weighted by molar-refractivity contribution is 0.239. The molecule has 0 radical (unpaired) electrons. The second-order valence-electron chi connectivity index (χ2n) is 4.51. The summed E-state index contributed by atoms with van der Waals surface area (Å²) in [5.74, 6) is 0.619. The Kier molecular flexibility index (Phi) is 3.81. The van der Waals surface area contributed by atoms with Crippen molar-refractivity contribution in [1.82, 2.24) is 0 Å². The topological polar surface area (TPSA) is 35.2 Å². The van der Waals surface area contributed by atoms with Crippen LogP contribution in [0.15, 0.2) is 18.2 Å². The van der Waals surface area contributed by atoms with E-state index in [4.69, 9.17) is 45.9 Å². The SMILES string of the molecule is NC(=S)CC1(COc2cc(Cl)ccc2Cl)CC1. The number of rotatable bonds is 5. The molecule has 1 aromatic rings. The number of halogens is 2. The van der Waals surface area contributed by atoms with Gasteiger partial charge in [0.05, 0.1) is 16.6 Å². The predicted octanol–water partition coefficient (Wildman–Crippen LogP) is 3.83. The molecule has 2 nitrogen and oxygen atoms in total. The summed E-state index contributed by atoms with van der Waals surface area (Å²) in [6.07, 6.45) is 2.94. The molecule has 1 aliphatic rings. The Bertz CT molecular complexity index is 446. The molecule has 0 amide bonds. The van der Waals surface area contributed by atoms with Crippen molar-refractivity contribution in [3.8, 4) is 5.75 Å². The summed E-state index contributed by atoms with van der Waals surface area (Å²) in [4.78, 5) is 0.545. The smallest absolute Gasteiger partial charge is 0.139 e. The van der Waals surface area contributed by atoms with E-state index in [-0.39, 0.29) is 5.41 Å². The lowest BCUT2D eigenvalue weighted by Gasteiger charge is -2.16. The fraction of sp³-hybridized carbons (Fsp3) is 0.417. The van der Waals surface area contributed by atoms with Gasteiger partial charge in [0, 0.05) is 22.9 Å². The number of nitrogens with two attached hydrogens (primary N) is 1. The average molecular weight is 290 g/mol. The molecule has 0 heterocycles. The first kappa shape index (κ1) is 12.9. The highest BCUT2D eigenvalue weighted by molar-refractivity contribution is 7.80. The first-order valence-corrected chi connectivity index (χ1v) is 6.53. The third-order valence-corrected chi connectivity index (χ3v) is 3.63. The maximum atomic E-state index is 6.02. The van der Waals surface area contributed by atoms with Gasteiger partial charge in [0.25, 0.3) is 0 Å². The van der Waals surface area contributed by atoms with Crippen molar-refractivity contribution in [3.63, 3.8) is 0 Å². The van der Waals surface area contributed by atoms with Gasteiger partial charge in [-0.25, -0.2) is 0 Å². The maximum Gasteiger partial charge on any atom is 0.139 e. The molecule has 0 aliphatic heterocycles. The summed E-state index contributed by atoms with van der Waals surface area (Å²) in [5, 5.41) is 1.18. The van der Waals surface area contributed by atoms with Crippen molar-refractivity contribution in [2.75, 3.05) is 6.61 Å². The van der Waals surface area contributed by atoms with E-state index in [1.807, 2.05) is 0 Å². The van der Waals surface area contributed by atoms with Gasteiger partial charge in [-0.3, -0.25) is 0 Å². The van der Waals surface area contributed by atoms with Crippen LogP contribution >= 0.6 is 35.4 Å². The number of benzene rings is 1. The molecule has 0 bridgehead atoms. The second kappa shape index (κ2) is 5.01. The highest BCUT2D eigenvalue weighted by Gasteiger charge is 2.43. The summed E-state index contributed by atoms with van der Waals surface area (Å²) in [7, 11) is 0. The molecule has 92 valence electrons. The molecule has 0 spiro atoms. The zero-order valence-electron chi connectivity index (χ0n) is 9.21. The molecule has 5 heteroatoms. The molecule has 1 aromatic carbocycles. The molecule has 1 saturated carbocycles. The molecule has 0 atom stereocenters. The first-order valence-electron chi connectivity index (χ1n) is 5.37. The molecular formula is C12H13Cl2NOS. The Balaban J connectivity index is 1.98. The van der Waals surface area contributed by atoms with Crippen LogP contribution in [-0.2, 0) is 0 Å². The second-order valence-corrected chi connectivity index (χ2v) is 5.87. The number of hydrogen-bond acceptors (Lipinski definition) is 2. The van der Waals surface area contributed by atoms with E-state index in [9.17, 15) is 0 Å². The van der Waals surface area contributed by atoms with Gasteiger partial charge in [0.1, 0.15) is 5.75 Å². The van der Waals surface area contributed by atoms with E-state index in [1.165, 1.54) is 0 Å². The monoisotopic (exact) mass is 289 g/mol. The van der Waals surface area contributed by atoms with Gasteiger partial charge < -0.3 is 10.5 Å². The van der Waals surface area contributed by atoms with Gasteiger partial charge in [-0.05, 0) is 25.0 Å². The highest BCUT2D eigenvalue weighted by Crippen LogP contribution is 2.49. The molecule has 2 N–H and O–H groups in total. The number of ether oxygens (including phenoxy) is 1. The fourth-order valence-electron chi connectivity index (χ4n) is 1.74. The Morgan fingerprint density at radius 3 is 2.71 bits per heavy atom. The third kappa shape index (κ3) is 3.47. The Morgan fingerprint density at radius 1 is 1.41 bits per heavy atom. The van der Waals surface area contributed by atoms with E-state index < -0.39 is 0 Å². The maximum absolute atomic E-state index is 6.02. The van der Waals surface area contributed by atoms with Crippen LogP contribution in [0.2, 0.25) is 10.0 Å². The third-order valence-electron chi connectivity index (χ3n) is 2.93. The predicted molar refractivity (Wildman–Crippen MR) is 75.0 cm³/mol. The largest absolute Gasteiger partial charge is 0.491 e. The van der Waals surface area contributed by atoms with Crippen molar-refractivity contribution in [3.05, 3.63) is 28.2 Å². The van der Waals surface area contributed by atoms with Crippen LogP contribution in [0.25, 0.3) is 0 Å². The van der Waals surface area contributed by atoms with Crippen molar-refractivity contribution in [2.24, 2.45) is 11.1 Å². The van der Waals surface area contributed by atoms with Crippen LogP contribution in [0.1, 0.15) is 19.3 Å². The van der Waals surface area contributed by atoms with E-state index in [0.717, 1.165) is 19.3 Å². The molecule has 17 heavy (non-hydrogen) atoms. The van der Waals surface area contributed by atoms with Crippen molar-refractivity contribution in [2.45, 2.75) is 19.3 Å². The van der Waals surface area contributed by atoms with E-state index >= 15 is 0 Å². The van der Waals surface area contributed by atoms with E-state index in [0.29, 0.717) is 27.4 Å². The summed E-state index contributed by atoms with van der Waals surface area (Å²) in [5.41, 5.74) is 5.69.